The van der Waals surface area contributed by atoms with Crippen molar-refractivity contribution in [3.63, 3.8) is 0 Å². The molecular formula is C22H36O6. The lowest BCUT2D eigenvalue weighted by atomic mass is 9.89. The molecule has 1 saturated carbocycles. The number of ketones is 1. The molecule has 0 aromatic heterocycles. The van der Waals surface area contributed by atoms with Gasteiger partial charge in [-0.05, 0) is 38.0 Å². The number of hydrogen-bond acceptors (Lipinski definition) is 5. The van der Waals surface area contributed by atoms with E-state index in [-0.39, 0.29) is 36.4 Å². The van der Waals surface area contributed by atoms with Crippen LogP contribution < -0.4 is 0 Å². The van der Waals surface area contributed by atoms with Gasteiger partial charge in [0.15, 0.2) is 0 Å². The molecule has 0 aromatic carbocycles. The van der Waals surface area contributed by atoms with Gasteiger partial charge in [0.2, 0.25) is 0 Å². The third kappa shape index (κ3) is 9.13. The predicted molar refractivity (Wildman–Crippen MR) is 108 cm³/mol. The lowest BCUT2D eigenvalue weighted by molar-refractivity contribution is -0.137. The summed E-state index contributed by atoms with van der Waals surface area (Å²) in [4.78, 5) is 22.7. The Morgan fingerprint density at radius 2 is 2.04 bits per heavy atom. The average Bonchev–Trinajstić information content (AvgIpc) is 2.91. The first-order valence-electron chi connectivity index (χ1n) is 10.3. The number of aliphatic carboxylic acids is 1. The normalized spacial score (nSPS) is 25.0. The molecule has 6 nitrogen and oxygen atoms in total. The fourth-order valence-electron chi connectivity index (χ4n) is 3.57. The summed E-state index contributed by atoms with van der Waals surface area (Å²) in [5.41, 5.74) is 0. The van der Waals surface area contributed by atoms with Gasteiger partial charge in [-0.1, -0.05) is 37.6 Å². The Labute approximate surface area is 168 Å². The quantitative estimate of drug-likeness (QED) is 0.308. The second kappa shape index (κ2) is 13.6. The number of ether oxygens (including phenoxy) is 1. The van der Waals surface area contributed by atoms with Crippen molar-refractivity contribution in [3.8, 4) is 0 Å². The van der Waals surface area contributed by atoms with E-state index in [1.165, 1.54) is 0 Å². The Balaban J connectivity index is 2.50. The zero-order valence-corrected chi connectivity index (χ0v) is 17.1. The van der Waals surface area contributed by atoms with Crippen LogP contribution in [0.4, 0.5) is 0 Å². The van der Waals surface area contributed by atoms with Crippen molar-refractivity contribution in [2.24, 2.45) is 17.8 Å². The van der Waals surface area contributed by atoms with Crippen molar-refractivity contribution in [2.75, 3.05) is 13.7 Å². The number of carboxylic acids is 1. The Morgan fingerprint density at radius 1 is 1.29 bits per heavy atom. The van der Waals surface area contributed by atoms with E-state index >= 15 is 0 Å². The molecule has 1 rings (SSSR count). The molecule has 1 aliphatic carbocycles. The summed E-state index contributed by atoms with van der Waals surface area (Å²) < 4.78 is 5.03. The van der Waals surface area contributed by atoms with Gasteiger partial charge in [-0.2, -0.15) is 0 Å². The van der Waals surface area contributed by atoms with Gasteiger partial charge in [0.05, 0.1) is 12.2 Å². The third-order valence-electron chi connectivity index (χ3n) is 5.42. The molecule has 0 heterocycles. The fourth-order valence-corrected chi connectivity index (χ4v) is 3.57. The molecule has 1 fully saturated rings. The number of carboxylic acid groups (broad SMARTS) is 1. The Bertz CT molecular complexity index is 527. The van der Waals surface area contributed by atoms with Crippen LogP contribution in [0, 0.1) is 17.8 Å². The van der Waals surface area contributed by atoms with Crippen LogP contribution in [0.5, 0.6) is 0 Å². The van der Waals surface area contributed by atoms with Crippen LogP contribution in [-0.4, -0.2) is 53.0 Å². The number of hydrogen-bond donors (Lipinski definition) is 3. The Morgan fingerprint density at radius 3 is 2.71 bits per heavy atom. The maximum absolute atomic E-state index is 12.2. The lowest BCUT2D eigenvalue weighted by Gasteiger charge is -2.19. The summed E-state index contributed by atoms with van der Waals surface area (Å²) in [5.74, 6) is -1.23. The highest BCUT2D eigenvalue weighted by atomic mass is 16.5. The topological polar surface area (TPSA) is 104 Å². The van der Waals surface area contributed by atoms with E-state index < -0.39 is 18.2 Å². The van der Waals surface area contributed by atoms with Crippen LogP contribution in [0.15, 0.2) is 24.3 Å². The number of unbranched alkanes of at least 4 members (excludes halogenated alkanes) is 2. The third-order valence-corrected chi connectivity index (χ3v) is 5.42. The summed E-state index contributed by atoms with van der Waals surface area (Å²) in [6, 6.07) is 0. The Hall–Kier alpha value is -1.50. The minimum absolute atomic E-state index is 0.0411. The van der Waals surface area contributed by atoms with Gasteiger partial charge in [-0.25, -0.2) is 0 Å². The first-order valence-corrected chi connectivity index (χ1v) is 10.3. The van der Waals surface area contributed by atoms with Crippen molar-refractivity contribution in [1.82, 2.24) is 0 Å². The fraction of sp³-hybridized carbons (Fsp3) is 0.727. The predicted octanol–water partition coefficient (Wildman–Crippen LogP) is 3.12. The van der Waals surface area contributed by atoms with Gasteiger partial charge < -0.3 is 20.1 Å². The van der Waals surface area contributed by atoms with Crippen LogP contribution >= 0.6 is 0 Å². The molecular weight excluding hydrogens is 360 g/mol. The van der Waals surface area contributed by atoms with E-state index in [2.05, 4.69) is 0 Å². The molecule has 0 unspecified atom stereocenters. The number of Topliss-reactive ketones (excluding diaryl/α,β-unsaturated/α-hetero) is 1. The van der Waals surface area contributed by atoms with Gasteiger partial charge in [0, 0.05) is 38.4 Å². The highest BCUT2D eigenvalue weighted by Gasteiger charge is 2.39. The number of aliphatic hydroxyl groups excluding tert-OH is 2. The van der Waals surface area contributed by atoms with E-state index in [4.69, 9.17) is 9.84 Å². The summed E-state index contributed by atoms with van der Waals surface area (Å²) in [7, 11) is 1.68. The van der Waals surface area contributed by atoms with Crippen molar-refractivity contribution < 1.29 is 29.6 Å². The summed E-state index contributed by atoms with van der Waals surface area (Å²) in [6.07, 6.45) is 10.9. The first-order chi connectivity index (χ1) is 13.4. The number of allylic oxidation sites excluding steroid dienone is 2. The molecule has 0 spiro atoms. The zero-order chi connectivity index (χ0) is 20.9. The van der Waals surface area contributed by atoms with Crippen LogP contribution in [0.1, 0.15) is 58.3 Å². The van der Waals surface area contributed by atoms with Crippen molar-refractivity contribution in [1.29, 1.82) is 0 Å². The lowest BCUT2D eigenvalue weighted by Crippen LogP contribution is -2.20. The van der Waals surface area contributed by atoms with Crippen LogP contribution in [0.25, 0.3) is 0 Å². The van der Waals surface area contributed by atoms with E-state index in [0.717, 1.165) is 25.9 Å². The number of rotatable bonds is 14. The number of aliphatic hydroxyl groups is 2. The minimum atomic E-state index is -0.806. The minimum Gasteiger partial charge on any atom is -0.481 e. The number of carbonyl (C=O) groups excluding carboxylic acids is 1. The molecule has 0 amide bonds. The molecule has 1 aliphatic rings. The van der Waals surface area contributed by atoms with Gasteiger partial charge in [-0.15, -0.1) is 0 Å². The summed E-state index contributed by atoms with van der Waals surface area (Å²) >= 11 is 0. The second-order valence-electron chi connectivity index (χ2n) is 7.76. The standard InChI is InChI=1S/C22H36O6/c1-16(9-7-8-14-28-2)19(23)13-12-18-17(20(24)15-21(18)25)10-5-3-4-6-11-22(26)27/h3,5,12-13,16-19,21,23,25H,4,6-11,14-15H2,1-2H3,(H,26,27)/b5-3-,13-12+/t16-,17+,18+,19-,21+/m0/s1. The smallest absolute Gasteiger partial charge is 0.303 e. The van der Waals surface area contributed by atoms with Gasteiger partial charge >= 0.3 is 5.97 Å². The summed E-state index contributed by atoms with van der Waals surface area (Å²) in [6.45, 7) is 2.72. The molecule has 160 valence electrons. The Kier molecular flexibility index (Phi) is 12.0. The molecule has 5 atom stereocenters. The maximum atomic E-state index is 12.2. The van der Waals surface area contributed by atoms with E-state index in [1.807, 2.05) is 19.1 Å². The van der Waals surface area contributed by atoms with Gasteiger partial charge in [0.1, 0.15) is 5.78 Å². The molecule has 0 saturated heterocycles. The molecule has 28 heavy (non-hydrogen) atoms. The van der Waals surface area contributed by atoms with Crippen molar-refractivity contribution in [3.05, 3.63) is 24.3 Å². The van der Waals surface area contributed by atoms with Crippen LogP contribution in [0.2, 0.25) is 0 Å². The van der Waals surface area contributed by atoms with Crippen molar-refractivity contribution in [2.45, 2.75) is 70.5 Å². The first kappa shape index (κ1) is 24.5. The largest absolute Gasteiger partial charge is 0.481 e. The van der Waals surface area contributed by atoms with Gasteiger partial charge in [0.25, 0.3) is 0 Å². The number of carbonyl (C=O) groups is 2. The molecule has 0 radical (unpaired) electrons. The average molecular weight is 397 g/mol. The monoisotopic (exact) mass is 396 g/mol. The van der Waals surface area contributed by atoms with E-state index in [9.17, 15) is 19.8 Å². The molecule has 3 N–H and O–H groups in total. The molecule has 6 heteroatoms. The molecule has 0 bridgehead atoms. The highest BCUT2D eigenvalue weighted by molar-refractivity contribution is 5.84. The number of methoxy groups -OCH3 is 1. The van der Waals surface area contributed by atoms with E-state index in [1.54, 1.807) is 19.3 Å². The zero-order valence-electron chi connectivity index (χ0n) is 17.1. The van der Waals surface area contributed by atoms with Crippen LogP contribution in [-0.2, 0) is 14.3 Å². The van der Waals surface area contributed by atoms with Gasteiger partial charge in [-0.3, -0.25) is 9.59 Å². The van der Waals surface area contributed by atoms with Crippen LogP contribution in [0.3, 0.4) is 0 Å². The SMILES string of the molecule is COCCCC[C@H](C)[C@@H](O)/C=C/[C@H]1[C@H](O)CC(=O)[C@@H]1C/C=C\CCCC(=O)O. The van der Waals surface area contributed by atoms with Crippen molar-refractivity contribution >= 4 is 11.8 Å². The summed E-state index contributed by atoms with van der Waals surface area (Å²) in [5, 5.41) is 29.2. The second-order valence-corrected chi connectivity index (χ2v) is 7.76. The maximum Gasteiger partial charge on any atom is 0.303 e. The van der Waals surface area contributed by atoms with E-state index in [0.29, 0.717) is 19.3 Å². The molecule has 0 aromatic rings. The molecule has 0 aliphatic heterocycles. The highest BCUT2D eigenvalue weighted by Crippen LogP contribution is 2.33.